The van der Waals surface area contributed by atoms with Crippen molar-refractivity contribution in [3.8, 4) is 0 Å². The van der Waals surface area contributed by atoms with Crippen molar-refractivity contribution < 1.29 is 4.79 Å². The number of carbonyl (C=O) groups excluding carboxylic acids is 1. The predicted molar refractivity (Wildman–Crippen MR) is 69.4 cm³/mol. The van der Waals surface area contributed by atoms with Gasteiger partial charge in [-0.3, -0.25) is 4.79 Å². The van der Waals surface area contributed by atoms with Gasteiger partial charge in [-0.25, -0.2) is 15.0 Å². The van der Waals surface area contributed by atoms with Crippen LogP contribution in [0.4, 0.5) is 5.82 Å². The lowest BCUT2D eigenvalue weighted by molar-refractivity contribution is 0.111. The largest absolute Gasteiger partial charge is 0.296 e. The van der Waals surface area contributed by atoms with Gasteiger partial charge in [-0.2, -0.15) is 5.11 Å². The number of aldehydes is 1. The highest BCUT2D eigenvalue weighted by molar-refractivity contribution is 5.73. The van der Waals surface area contributed by atoms with Crippen LogP contribution in [0.1, 0.15) is 36.5 Å². The molecule has 0 spiro atoms. The maximum absolute atomic E-state index is 10.7. The fourth-order valence-electron chi connectivity index (χ4n) is 1.11. The van der Waals surface area contributed by atoms with Gasteiger partial charge in [-0.1, -0.05) is 18.7 Å². The summed E-state index contributed by atoms with van der Waals surface area (Å²) < 4.78 is 0. The molecule has 0 radical (unpaired) electrons. The number of hydrogen-bond donors (Lipinski definition) is 0. The van der Waals surface area contributed by atoms with E-state index in [9.17, 15) is 4.79 Å². The Morgan fingerprint density at radius 3 is 2.83 bits per heavy atom. The molecule has 0 aliphatic carbocycles. The summed E-state index contributed by atoms with van der Waals surface area (Å²) in [7, 11) is 0. The molecule has 6 nitrogen and oxygen atoms in total. The Morgan fingerprint density at radius 1 is 1.61 bits per heavy atom. The second-order valence-electron chi connectivity index (χ2n) is 3.81. The summed E-state index contributed by atoms with van der Waals surface area (Å²) in [6.07, 6.45) is 4.54. The molecule has 1 atom stereocenters. The summed E-state index contributed by atoms with van der Waals surface area (Å²) in [5, 5.41) is 9.57. The van der Waals surface area contributed by atoms with Crippen LogP contribution in [0.25, 0.3) is 0 Å². The summed E-state index contributed by atoms with van der Waals surface area (Å²) in [5.74, 6) is 0.486. The lowest BCUT2D eigenvalue weighted by Gasteiger charge is -2.12. The molecule has 0 amide bonds. The quantitative estimate of drug-likeness (QED) is 0.440. The molecular formula is C12H17N5O. The van der Waals surface area contributed by atoms with Gasteiger partial charge < -0.3 is 0 Å². The molecule has 1 rings (SSSR count). The van der Waals surface area contributed by atoms with Crippen molar-refractivity contribution >= 4 is 12.1 Å². The van der Waals surface area contributed by atoms with E-state index in [-0.39, 0.29) is 6.04 Å². The van der Waals surface area contributed by atoms with Gasteiger partial charge in [0.15, 0.2) is 12.1 Å². The third-order valence-electron chi connectivity index (χ3n) is 2.43. The molecular weight excluding hydrogens is 230 g/mol. The predicted octanol–water partition coefficient (Wildman–Crippen LogP) is 2.71. The number of hydrogen-bond acceptors (Lipinski definition) is 5. The van der Waals surface area contributed by atoms with Gasteiger partial charge in [-0.15, -0.1) is 0 Å². The Kier molecular flexibility index (Phi) is 5.10. The van der Waals surface area contributed by atoms with E-state index in [0.29, 0.717) is 23.5 Å². The fraction of sp³-hybridized carbons (Fsp3) is 0.417. The van der Waals surface area contributed by atoms with Gasteiger partial charge in [-0.05, 0) is 20.3 Å². The summed E-state index contributed by atoms with van der Waals surface area (Å²) >= 11 is 0. The minimum absolute atomic E-state index is 0.135. The molecule has 0 saturated carbocycles. The molecule has 0 aliphatic heterocycles. The van der Waals surface area contributed by atoms with Crippen molar-refractivity contribution in [2.24, 2.45) is 10.3 Å². The SMILES string of the molecule is C=CN(N=NC(C)CC)c1cnc(C=O)c(C)n1. The molecule has 1 aromatic heterocycles. The van der Waals surface area contributed by atoms with E-state index in [4.69, 9.17) is 0 Å². The molecule has 0 fully saturated rings. The molecule has 96 valence electrons. The van der Waals surface area contributed by atoms with E-state index < -0.39 is 0 Å². The van der Waals surface area contributed by atoms with Crippen LogP contribution in [0.3, 0.4) is 0 Å². The van der Waals surface area contributed by atoms with E-state index in [1.807, 2.05) is 13.8 Å². The third-order valence-corrected chi connectivity index (χ3v) is 2.43. The Balaban J connectivity index is 2.95. The smallest absolute Gasteiger partial charge is 0.173 e. The highest BCUT2D eigenvalue weighted by Gasteiger charge is 2.07. The lowest BCUT2D eigenvalue weighted by atomic mass is 10.3. The fourth-order valence-corrected chi connectivity index (χ4v) is 1.11. The van der Waals surface area contributed by atoms with Crippen LogP contribution in [0.5, 0.6) is 0 Å². The van der Waals surface area contributed by atoms with Gasteiger partial charge in [0.1, 0.15) is 5.69 Å². The lowest BCUT2D eigenvalue weighted by Crippen LogP contribution is -2.11. The van der Waals surface area contributed by atoms with Crippen LogP contribution >= 0.6 is 0 Å². The zero-order valence-corrected chi connectivity index (χ0v) is 10.9. The summed E-state index contributed by atoms with van der Waals surface area (Å²) in [6.45, 7) is 9.37. The standard InChI is InChI=1S/C12H17N5O/c1-5-9(3)15-16-17(6-2)12-7-13-11(8-18)10(4)14-12/h6-9H,2,5H2,1,3-4H3. The summed E-state index contributed by atoms with van der Waals surface area (Å²) in [6, 6.07) is 0.135. The first-order valence-electron chi connectivity index (χ1n) is 5.73. The molecule has 0 aromatic carbocycles. The van der Waals surface area contributed by atoms with Gasteiger partial charge in [0.05, 0.1) is 17.9 Å². The van der Waals surface area contributed by atoms with Crippen LogP contribution in [0.2, 0.25) is 0 Å². The second kappa shape index (κ2) is 6.58. The van der Waals surface area contributed by atoms with Crippen LogP contribution in [-0.2, 0) is 0 Å². The van der Waals surface area contributed by atoms with Crippen molar-refractivity contribution in [1.29, 1.82) is 0 Å². The first kappa shape index (κ1) is 14.0. The van der Waals surface area contributed by atoms with Gasteiger partial charge in [0.25, 0.3) is 0 Å². The molecule has 6 heteroatoms. The van der Waals surface area contributed by atoms with Crippen molar-refractivity contribution in [2.45, 2.75) is 33.2 Å². The average Bonchev–Trinajstić information content (AvgIpc) is 2.39. The van der Waals surface area contributed by atoms with Crippen LogP contribution in [-0.4, -0.2) is 22.3 Å². The average molecular weight is 247 g/mol. The van der Waals surface area contributed by atoms with Crippen LogP contribution < -0.4 is 5.01 Å². The van der Waals surface area contributed by atoms with Gasteiger partial charge in [0, 0.05) is 6.20 Å². The number of rotatable bonds is 6. The molecule has 0 bridgehead atoms. The minimum Gasteiger partial charge on any atom is -0.296 e. The van der Waals surface area contributed by atoms with Crippen molar-refractivity contribution in [3.63, 3.8) is 0 Å². The topological polar surface area (TPSA) is 70.8 Å². The maximum Gasteiger partial charge on any atom is 0.173 e. The highest BCUT2D eigenvalue weighted by atomic mass is 16.1. The number of carbonyl (C=O) groups is 1. The number of anilines is 1. The first-order chi connectivity index (χ1) is 8.62. The van der Waals surface area contributed by atoms with E-state index in [0.717, 1.165) is 6.42 Å². The Hall–Kier alpha value is -2.11. The Morgan fingerprint density at radius 2 is 2.33 bits per heavy atom. The Labute approximate surface area is 106 Å². The molecule has 0 aliphatic rings. The number of nitrogens with zero attached hydrogens (tertiary/aromatic N) is 5. The highest BCUT2D eigenvalue weighted by Crippen LogP contribution is 2.13. The van der Waals surface area contributed by atoms with E-state index in [1.54, 1.807) is 6.92 Å². The zero-order chi connectivity index (χ0) is 13.5. The van der Waals surface area contributed by atoms with Crippen LogP contribution in [0, 0.1) is 6.92 Å². The summed E-state index contributed by atoms with van der Waals surface area (Å²) in [5.41, 5.74) is 0.870. The normalized spacial score (nSPS) is 12.4. The van der Waals surface area contributed by atoms with Crippen molar-refractivity contribution in [2.75, 3.05) is 5.01 Å². The molecule has 1 heterocycles. The third kappa shape index (κ3) is 3.44. The van der Waals surface area contributed by atoms with Gasteiger partial charge in [0.2, 0.25) is 0 Å². The number of aryl methyl sites for hydroxylation is 1. The summed E-state index contributed by atoms with van der Waals surface area (Å²) in [4.78, 5) is 18.9. The van der Waals surface area contributed by atoms with Crippen LogP contribution in [0.15, 0.2) is 29.3 Å². The molecule has 18 heavy (non-hydrogen) atoms. The molecule has 0 saturated heterocycles. The van der Waals surface area contributed by atoms with E-state index in [2.05, 4.69) is 26.9 Å². The van der Waals surface area contributed by atoms with Crippen molar-refractivity contribution in [3.05, 3.63) is 30.4 Å². The Bertz CT molecular complexity index is 458. The number of aromatic nitrogens is 2. The van der Waals surface area contributed by atoms with E-state index >= 15 is 0 Å². The molecule has 0 N–H and O–H groups in total. The maximum atomic E-state index is 10.7. The molecule has 1 aromatic rings. The second-order valence-corrected chi connectivity index (χ2v) is 3.81. The monoisotopic (exact) mass is 247 g/mol. The zero-order valence-electron chi connectivity index (χ0n) is 10.9. The van der Waals surface area contributed by atoms with Crippen molar-refractivity contribution in [1.82, 2.24) is 9.97 Å². The van der Waals surface area contributed by atoms with E-state index in [1.165, 1.54) is 17.4 Å². The first-order valence-corrected chi connectivity index (χ1v) is 5.73. The minimum atomic E-state index is 0.135. The van der Waals surface area contributed by atoms with Gasteiger partial charge >= 0.3 is 0 Å². The molecule has 1 unspecified atom stereocenters.